The molecule has 0 unspecified atom stereocenters. The zero-order chi connectivity index (χ0) is 26.2. The van der Waals surface area contributed by atoms with Gasteiger partial charge in [0.25, 0.3) is 17.7 Å². The first-order valence-electron chi connectivity index (χ1n) is 10.00. The van der Waals surface area contributed by atoms with Crippen molar-refractivity contribution in [2.45, 2.75) is 4.90 Å². The fraction of sp³-hybridized carbons (Fsp3) is 0. The number of rotatable bonds is 6. The lowest BCUT2D eigenvalue weighted by atomic mass is 10.1. The number of nitrogens with zero attached hydrogens (tertiary/aromatic N) is 1. The van der Waals surface area contributed by atoms with Gasteiger partial charge in [-0.05, 0) is 60.7 Å². The third kappa shape index (κ3) is 5.38. The van der Waals surface area contributed by atoms with Crippen LogP contribution in [0.15, 0.2) is 82.4 Å². The molecule has 1 aliphatic rings. The van der Waals surface area contributed by atoms with Crippen LogP contribution in [-0.4, -0.2) is 26.1 Å². The van der Waals surface area contributed by atoms with Crippen molar-refractivity contribution < 1.29 is 22.8 Å². The number of nitrogens with two attached hydrogens (primary N) is 1. The molecule has 0 radical (unpaired) electrons. The molecule has 4 N–H and O–H groups in total. The van der Waals surface area contributed by atoms with Gasteiger partial charge in [0, 0.05) is 27.0 Å². The van der Waals surface area contributed by atoms with E-state index < -0.39 is 27.7 Å². The minimum Gasteiger partial charge on any atom is -0.350 e. The van der Waals surface area contributed by atoms with E-state index in [1.165, 1.54) is 54.6 Å². The molecule has 3 aromatic rings. The van der Waals surface area contributed by atoms with Crippen molar-refractivity contribution in [2.24, 2.45) is 5.14 Å². The SMILES string of the molecule is NS(=O)(=O)c1ccc(NC(=O)c2cccc(NC3=C(Cl)C(=O)N(c4cc(Cl)cc(Cl)c4)C3=O)c2)cc1. The molecule has 4 rings (SSSR count). The lowest BCUT2D eigenvalue weighted by Gasteiger charge is -2.16. The maximum atomic E-state index is 13.0. The topological polar surface area (TPSA) is 139 Å². The quantitative estimate of drug-likeness (QED) is 0.380. The van der Waals surface area contributed by atoms with Gasteiger partial charge < -0.3 is 10.6 Å². The molecule has 36 heavy (non-hydrogen) atoms. The highest BCUT2D eigenvalue weighted by Gasteiger charge is 2.39. The van der Waals surface area contributed by atoms with E-state index in [1.807, 2.05) is 0 Å². The van der Waals surface area contributed by atoms with Gasteiger partial charge in [-0.3, -0.25) is 14.4 Å². The summed E-state index contributed by atoms with van der Waals surface area (Å²) in [5.74, 6) is -2.00. The van der Waals surface area contributed by atoms with E-state index in [4.69, 9.17) is 39.9 Å². The minimum absolute atomic E-state index is 0.0956. The summed E-state index contributed by atoms with van der Waals surface area (Å²) in [6.07, 6.45) is 0. The Morgan fingerprint density at radius 1 is 0.833 bits per heavy atom. The molecule has 3 aromatic carbocycles. The molecular formula is C23H15Cl3N4O5S. The predicted molar refractivity (Wildman–Crippen MR) is 138 cm³/mol. The van der Waals surface area contributed by atoms with Crippen molar-refractivity contribution in [3.8, 4) is 0 Å². The van der Waals surface area contributed by atoms with Crippen molar-refractivity contribution in [3.05, 3.63) is 93.1 Å². The second kappa shape index (κ2) is 9.92. The number of carbonyl (C=O) groups is 3. The van der Waals surface area contributed by atoms with E-state index in [2.05, 4.69) is 10.6 Å². The number of halogens is 3. The highest BCUT2D eigenvalue weighted by atomic mass is 35.5. The Bertz CT molecular complexity index is 1540. The van der Waals surface area contributed by atoms with Crippen LogP contribution in [0.1, 0.15) is 10.4 Å². The van der Waals surface area contributed by atoms with Crippen LogP contribution in [0.3, 0.4) is 0 Å². The van der Waals surface area contributed by atoms with E-state index in [-0.39, 0.29) is 36.9 Å². The van der Waals surface area contributed by atoms with Gasteiger partial charge in [-0.2, -0.15) is 0 Å². The molecule has 184 valence electrons. The number of benzene rings is 3. The summed E-state index contributed by atoms with van der Waals surface area (Å²) in [4.78, 5) is 39.1. The van der Waals surface area contributed by atoms with Crippen LogP contribution in [0, 0.1) is 0 Å². The third-order valence-corrected chi connectivity index (χ3v) is 6.68. The normalized spacial score (nSPS) is 13.8. The second-order valence-corrected chi connectivity index (χ2v) is 10.3. The molecule has 0 spiro atoms. The highest BCUT2D eigenvalue weighted by molar-refractivity contribution is 7.89. The molecule has 0 bridgehead atoms. The summed E-state index contributed by atoms with van der Waals surface area (Å²) < 4.78 is 22.8. The Morgan fingerprint density at radius 2 is 1.47 bits per heavy atom. The number of amides is 3. The summed E-state index contributed by atoms with van der Waals surface area (Å²) in [5.41, 5.74) is 0.826. The standard InChI is InChI=1S/C23H15Cl3N4O5S/c24-13-9-14(25)11-17(10-13)30-22(32)19(26)20(23(30)33)28-16-3-1-2-12(8-16)21(31)29-15-4-6-18(7-5-15)36(27,34)35/h1-11,28H,(H,29,31)(H2,27,34,35). The molecular weight excluding hydrogens is 551 g/mol. The van der Waals surface area contributed by atoms with E-state index >= 15 is 0 Å². The van der Waals surface area contributed by atoms with Crippen LogP contribution in [0.4, 0.5) is 17.1 Å². The Labute approximate surface area is 220 Å². The number of nitrogens with one attached hydrogen (secondary N) is 2. The van der Waals surface area contributed by atoms with Gasteiger partial charge >= 0.3 is 0 Å². The van der Waals surface area contributed by atoms with Crippen LogP contribution >= 0.6 is 34.8 Å². The van der Waals surface area contributed by atoms with Crippen molar-refractivity contribution >= 4 is 79.6 Å². The number of primary sulfonamides is 1. The monoisotopic (exact) mass is 564 g/mol. The van der Waals surface area contributed by atoms with Crippen molar-refractivity contribution in [1.29, 1.82) is 0 Å². The van der Waals surface area contributed by atoms with Crippen LogP contribution in [0.2, 0.25) is 10.0 Å². The predicted octanol–water partition coefficient (Wildman–Crippen LogP) is 4.33. The summed E-state index contributed by atoms with van der Waals surface area (Å²) in [6.45, 7) is 0. The molecule has 0 aromatic heterocycles. The molecule has 0 aliphatic carbocycles. The van der Waals surface area contributed by atoms with Gasteiger partial charge in [-0.1, -0.05) is 40.9 Å². The van der Waals surface area contributed by atoms with Crippen LogP contribution in [0.25, 0.3) is 0 Å². The van der Waals surface area contributed by atoms with E-state index in [9.17, 15) is 22.8 Å². The van der Waals surface area contributed by atoms with Crippen LogP contribution in [0.5, 0.6) is 0 Å². The summed E-state index contributed by atoms with van der Waals surface area (Å²) in [6, 6.07) is 15.7. The molecule has 0 fully saturated rings. The molecule has 9 nitrogen and oxygen atoms in total. The molecule has 3 amide bonds. The molecule has 1 aliphatic heterocycles. The molecule has 1 heterocycles. The molecule has 0 saturated heterocycles. The van der Waals surface area contributed by atoms with Crippen LogP contribution < -0.4 is 20.7 Å². The van der Waals surface area contributed by atoms with Gasteiger partial charge in [0.15, 0.2) is 0 Å². The first-order valence-corrected chi connectivity index (χ1v) is 12.7. The smallest absolute Gasteiger partial charge is 0.283 e. The van der Waals surface area contributed by atoms with Gasteiger partial charge in [0.1, 0.15) is 10.7 Å². The summed E-state index contributed by atoms with van der Waals surface area (Å²) >= 11 is 18.1. The Balaban J connectivity index is 1.52. The first-order chi connectivity index (χ1) is 16.9. The van der Waals surface area contributed by atoms with Gasteiger partial charge in [-0.25, -0.2) is 18.5 Å². The molecule has 0 atom stereocenters. The van der Waals surface area contributed by atoms with E-state index in [0.29, 0.717) is 11.4 Å². The van der Waals surface area contributed by atoms with Crippen molar-refractivity contribution in [2.75, 3.05) is 15.5 Å². The Hall–Kier alpha value is -3.41. The number of hydrogen-bond donors (Lipinski definition) is 3. The van der Waals surface area contributed by atoms with E-state index in [0.717, 1.165) is 4.90 Å². The minimum atomic E-state index is -3.86. The first kappa shape index (κ1) is 25.7. The average molecular weight is 566 g/mol. The largest absolute Gasteiger partial charge is 0.350 e. The fourth-order valence-electron chi connectivity index (χ4n) is 3.33. The zero-order valence-corrected chi connectivity index (χ0v) is 21.0. The van der Waals surface area contributed by atoms with Crippen LogP contribution in [-0.2, 0) is 19.6 Å². The van der Waals surface area contributed by atoms with Gasteiger partial charge in [0.05, 0.1) is 10.6 Å². The number of imide groups is 1. The van der Waals surface area contributed by atoms with E-state index in [1.54, 1.807) is 12.1 Å². The number of sulfonamides is 1. The van der Waals surface area contributed by atoms with Gasteiger partial charge in [0.2, 0.25) is 10.0 Å². The third-order valence-electron chi connectivity index (χ3n) is 4.97. The van der Waals surface area contributed by atoms with Crippen molar-refractivity contribution in [1.82, 2.24) is 0 Å². The number of carbonyl (C=O) groups excluding carboxylic acids is 3. The highest BCUT2D eigenvalue weighted by Crippen LogP contribution is 2.33. The second-order valence-electron chi connectivity index (χ2n) is 7.49. The lowest BCUT2D eigenvalue weighted by Crippen LogP contribution is -2.32. The van der Waals surface area contributed by atoms with Crippen molar-refractivity contribution in [3.63, 3.8) is 0 Å². The Morgan fingerprint density at radius 3 is 2.08 bits per heavy atom. The maximum Gasteiger partial charge on any atom is 0.283 e. The summed E-state index contributed by atoms with van der Waals surface area (Å²) in [7, 11) is -3.86. The molecule has 0 saturated carbocycles. The summed E-state index contributed by atoms with van der Waals surface area (Å²) in [5, 5.41) is 10.6. The lowest BCUT2D eigenvalue weighted by molar-refractivity contribution is -0.120. The number of anilines is 3. The number of hydrogen-bond acceptors (Lipinski definition) is 6. The fourth-order valence-corrected chi connectivity index (χ4v) is 4.57. The average Bonchev–Trinajstić information content (AvgIpc) is 3.01. The maximum absolute atomic E-state index is 13.0. The zero-order valence-electron chi connectivity index (χ0n) is 18.0. The van der Waals surface area contributed by atoms with Gasteiger partial charge in [-0.15, -0.1) is 0 Å². The Kier molecular flexibility index (Phi) is 7.07. The molecule has 13 heteroatoms.